The zero-order valence-electron chi connectivity index (χ0n) is 8.91. The highest BCUT2D eigenvalue weighted by molar-refractivity contribution is 5.87. The van der Waals surface area contributed by atoms with Crippen LogP contribution in [0.3, 0.4) is 0 Å². The molecule has 0 aliphatic carbocycles. The van der Waals surface area contributed by atoms with Crippen molar-refractivity contribution in [1.82, 2.24) is 4.90 Å². The van der Waals surface area contributed by atoms with Crippen LogP contribution >= 0.6 is 0 Å². The van der Waals surface area contributed by atoms with E-state index in [-0.39, 0.29) is 0 Å². The van der Waals surface area contributed by atoms with Crippen molar-refractivity contribution < 1.29 is 27.9 Å². The number of carbonyl (C=O) groups excluding carboxylic acids is 2. The van der Waals surface area contributed by atoms with Gasteiger partial charge in [-0.25, -0.2) is 0 Å². The fourth-order valence-corrected chi connectivity index (χ4v) is 1.14. The summed E-state index contributed by atoms with van der Waals surface area (Å²) in [5.41, 5.74) is 10.00. The molecule has 0 heterocycles. The molecule has 100 valence electrons. The highest BCUT2D eigenvalue weighted by Gasteiger charge is 2.34. The second-order valence-corrected chi connectivity index (χ2v) is 3.38. The van der Waals surface area contributed by atoms with Gasteiger partial charge in [0, 0.05) is 6.54 Å². The summed E-state index contributed by atoms with van der Waals surface area (Å²) in [6.45, 7) is -2.67. The first-order chi connectivity index (χ1) is 7.67. The Morgan fingerprint density at radius 1 is 1.35 bits per heavy atom. The average molecular weight is 257 g/mol. The number of halogens is 3. The topological polar surface area (TPSA) is 110 Å². The van der Waals surface area contributed by atoms with Gasteiger partial charge in [0.25, 0.3) is 0 Å². The van der Waals surface area contributed by atoms with Gasteiger partial charge in [-0.15, -0.1) is 0 Å². The molecule has 0 rings (SSSR count). The Morgan fingerprint density at radius 3 is 2.24 bits per heavy atom. The summed E-state index contributed by atoms with van der Waals surface area (Å²) in [5.74, 6) is -1.96. The van der Waals surface area contributed by atoms with E-state index in [9.17, 15) is 22.8 Å². The molecular weight excluding hydrogens is 243 g/mol. The molecule has 0 fully saturated rings. The Kier molecular flexibility index (Phi) is 5.89. The quantitative estimate of drug-likeness (QED) is 0.542. The van der Waals surface area contributed by atoms with Gasteiger partial charge < -0.3 is 21.5 Å². The standard InChI is InChI=1S/C8H14F3N3O3/c9-8(10,11)4-14(1-2-15)7(17)5(12)3-6(13)16/h5,15H,1-4,12H2,(H2,13,16). The molecular formula is C8H14F3N3O3. The van der Waals surface area contributed by atoms with Gasteiger partial charge in [0.05, 0.1) is 19.1 Å². The summed E-state index contributed by atoms with van der Waals surface area (Å²) in [5, 5.41) is 8.55. The summed E-state index contributed by atoms with van der Waals surface area (Å²) in [6, 6.07) is -1.43. The second kappa shape index (κ2) is 6.40. The first kappa shape index (κ1) is 15.7. The predicted octanol–water partition coefficient (Wildman–Crippen LogP) is -1.43. The van der Waals surface area contributed by atoms with Gasteiger partial charge in [-0.1, -0.05) is 0 Å². The van der Waals surface area contributed by atoms with E-state index in [1.807, 2.05) is 0 Å². The van der Waals surface area contributed by atoms with Crippen LogP contribution in [0.1, 0.15) is 6.42 Å². The maximum Gasteiger partial charge on any atom is 0.406 e. The van der Waals surface area contributed by atoms with Gasteiger partial charge >= 0.3 is 6.18 Å². The number of amides is 2. The molecule has 1 atom stereocenters. The monoisotopic (exact) mass is 257 g/mol. The maximum atomic E-state index is 12.1. The smallest absolute Gasteiger partial charge is 0.395 e. The van der Waals surface area contributed by atoms with E-state index in [0.717, 1.165) is 0 Å². The van der Waals surface area contributed by atoms with E-state index in [2.05, 4.69) is 0 Å². The van der Waals surface area contributed by atoms with Crippen LogP contribution in [-0.4, -0.2) is 53.7 Å². The molecule has 0 aliphatic heterocycles. The van der Waals surface area contributed by atoms with Crippen molar-refractivity contribution in [3.05, 3.63) is 0 Å². The molecule has 0 radical (unpaired) electrons. The normalized spacial score (nSPS) is 13.2. The Labute approximate surface area is 95.3 Å². The Morgan fingerprint density at radius 2 is 1.88 bits per heavy atom. The molecule has 0 spiro atoms. The zero-order valence-corrected chi connectivity index (χ0v) is 8.91. The number of nitrogens with zero attached hydrogens (tertiary/aromatic N) is 1. The summed E-state index contributed by atoms with van der Waals surface area (Å²) < 4.78 is 36.3. The lowest BCUT2D eigenvalue weighted by Gasteiger charge is -2.25. The SMILES string of the molecule is NC(=O)CC(N)C(=O)N(CCO)CC(F)(F)F. The minimum absolute atomic E-state index is 0.341. The van der Waals surface area contributed by atoms with Crippen LogP contribution in [0.2, 0.25) is 0 Å². The number of nitrogens with two attached hydrogens (primary N) is 2. The van der Waals surface area contributed by atoms with Gasteiger partial charge in [-0.2, -0.15) is 13.2 Å². The lowest BCUT2D eigenvalue weighted by Crippen LogP contribution is -2.49. The van der Waals surface area contributed by atoms with Crippen LogP contribution < -0.4 is 11.5 Å². The maximum absolute atomic E-state index is 12.1. The van der Waals surface area contributed by atoms with Crippen LogP contribution in [0.15, 0.2) is 0 Å². The number of rotatable bonds is 6. The molecule has 0 saturated heterocycles. The molecule has 0 saturated carbocycles. The van der Waals surface area contributed by atoms with Gasteiger partial charge in [0.15, 0.2) is 0 Å². The van der Waals surface area contributed by atoms with Crippen molar-refractivity contribution in [2.75, 3.05) is 19.7 Å². The number of aliphatic hydroxyl groups excluding tert-OH is 1. The van der Waals surface area contributed by atoms with E-state index >= 15 is 0 Å². The minimum Gasteiger partial charge on any atom is -0.395 e. The molecule has 5 N–H and O–H groups in total. The van der Waals surface area contributed by atoms with E-state index < -0.39 is 50.1 Å². The molecule has 1 unspecified atom stereocenters. The highest BCUT2D eigenvalue weighted by atomic mass is 19.4. The number of hydrogen-bond acceptors (Lipinski definition) is 4. The van der Waals surface area contributed by atoms with Gasteiger partial charge in [-0.3, -0.25) is 9.59 Å². The zero-order chi connectivity index (χ0) is 13.6. The molecule has 0 aromatic heterocycles. The van der Waals surface area contributed by atoms with Crippen LogP contribution in [0.5, 0.6) is 0 Å². The third kappa shape index (κ3) is 6.74. The molecule has 0 aromatic rings. The molecule has 0 aliphatic rings. The number of alkyl halides is 3. The second-order valence-electron chi connectivity index (χ2n) is 3.38. The largest absolute Gasteiger partial charge is 0.406 e. The number of aliphatic hydroxyl groups is 1. The summed E-state index contributed by atoms with van der Waals surface area (Å²) in [4.78, 5) is 22.2. The molecule has 9 heteroatoms. The highest BCUT2D eigenvalue weighted by Crippen LogP contribution is 2.16. The molecule has 0 bridgehead atoms. The van der Waals surface area contributed by atoms with Crippen molar-refractivity contribution in [1.29, 1.82) is 0 Å². The van der Waals surface area contributed by atoms with Gasteiger partial charge in [0.2, 0.25) is 11.8 Å². The molecule has 17 heavy (non-hydrogen) atoms. The fourth-order valence-electron chi connectivity index (χ4n) is 1.14. The lowest BCUT2D eigenvalue weighted by atomic mass is 10.2. The molecule has 2 amide bonds. The average Bonchev–Trinajstić information content (AvgIpc) is 2.12. The van der Waals surface area contributed by atoms with Crippen molar-refractivity contribution in [3.8, 4) is 0 Å². The Hall–Kier alpha value is -1.35. The first-order valence-electron chi connectivity index (χ1n) is 4.67. The van der Waals surface area contributed by atoms with E-state index in [4.69, 9.17) is 16.6 Å². The predicted molar refractivity (Wildman–Crippen MR) is 51.5 cm³/mol. The number of hydrogen-bond donors (Lipinski definition) is 3. The van der Waals surface area contributed by atoms with Crippen molar-refractivity contribution >= 4 is 11.8 Å². The fraction of sp³-hybridized carbons (Fsp3) is 0.750. The summed E-state index contributed by atoms with van der Waals surface area (Å²) in [6.07, 6.45) is -5.14. The van der Waals surface area contributed by atoms with E-state index in [0.29, 0.717) is 4.90 Å². The first-order valence-corrected chi connectivity index (χ1v) is 4.67. The molecule has 0 aromatic carbocycles. The van der Waals surface area contributed by atoms with Gasteiger partial charge in [-0.05, 0) is 0 Å². The van der Waals surface area contributed by atoms with Crippen LogP contribution in [0.25, 0.3) is 0 Å². The van der Waals surface area contributed by atoms with E-state index in [1.165, 1.54) is 0 Å². The van der Waals surface area contributed by atoms with Gasteiger partial charge in [0.1, 0.15) is 6.54 Å². The third-order valence-electron chi connectivity index (χ3n) is 1.79. The van der Waals surface area contributed by atoms with Crippen LogP contribution in [-0.2, 0) is 9.59 Å². The summed E-state index contributed by atoms with van der Waals surface area (Å²) in [7, 11) is 0. The number of carbonyl (C=O) groups is 2. The minimum atomic E-state index is -4.60. The Bertz CT molecular complexity index is 283. The lowest BCUT2D eigenvalue weighted by molar-refractivity contribution is -0.163. The Balaban J connectivity index is 4.58. The van der Waals surface area contributed by atoms with Crippen LogP contribution in [0.4, 0.5) is 13.2 Å². The summed E-state index contributed by atoms with van der Waals surface area (Å²) >= 11 is 0. The van der Waals surface area contributed by atoms with E-state index in [1.54, 1.807) is 0 Å². The van der Waals surface area contributed by atoms with Crippen molar-refractivity contribution in [2.45, 2.75) is 18.6 Å². The van der Waals surface area contributed by atoms with Crippen molar-refractivity contribution in [3.63, 3.8) is 0 Å². The third-order valence-corrected chi connectivity index (χ3v) is 1.79. The molecule has 6 nitrogen and oxygen atoms in total. The number of primary amides is 1. The van der Waals surface area contributed by atoms with Crippen molar-refractivity contribution in [2.24, 2.45) is 11.5 Å². The van der Waals surface area contributed by atoms with Crippen LogP contribution in [0, 0.1) is 0 Å².